The van der Waals surface area contributed by atoms with Crippen LogP contribution in [-0.4, -0.2) is 47.3 Å². The molecule has 0 radical (unpaired) electrons. The minimum absolute atomic E-state index is 0.116. The van der Waals surface area contributed by atoms with Gasteiger partial charge in [0.2, 0.25) is 5.91 Å². The molecule has 2 unspecified atom stereocenters. The van der Waals surface area contributed by atoms with Gasteiger partial charge in [-0.2, -0.15) is 0 Å². The van der Waals surface area contributed by atoms with Gasteiger partial charge in [-0.05, 0) is 37.3 Å². The highest BCUT2D eigenvalue weighted by Crippen LogP contribution is 2.32. The monoisotopic (exact) mass is 352 g/mol. The first-order valence-corrected chi connectivity index (χ1v) is 8.93. The molecule has 0 aliphatic carbocycles. The zero-order chi connectivity index (χ0) is 17.3. The fourth-order valence-electron chi connectivity index (χ4n) is 3.92. The third-order valence-corrected chi connectivity index (χ3v) is 5.54. The van der Waals surface area contributed by atoms with E-state index in [1.807, 2.05) is 11.8 Å². The van der Waals surface area contributed by atoms with Crippen molar-refractivity contribution < 1.29 is 14.0 Å². The first-order valence-electron chi connectivity index (χ1n) is 8.55. The number of carbonyl (C=O) groups is 2. The molecule has 2 amide bonds. The van der Waals surface area contributed by atoms with Crippen molar-refractivity contribution in [1.82, 2.24) is 9.80 Å². The van der Waals surface area contributed by atoms with E-state index in [0.717, 1.165) is 25.8 Å². The maximum absolute atomic E-state index is 13.6. The lowest BCUT2D eigenvalue weighted by atomic mass is 9.96. The minimum Gasteiger partial charge on any atom is -0.339 e. The van der Waals surface area contributed by atoms with Gasteiger partial charge in [-0.25, -0.2) is 4.39 Å². The van der Waals surface area contributed by atoms with Crippen molar-refractivity contribution in [1.29, 1.82) is 0 Å². The largest absolute Gasteiger partial charge is 0.339 e. The molecule has 2 saturated heterocycles. The number of nitrogens with zero attached hydrogens (tertiary/aromatic N) is 2. The number of hydrogen-bond acceptors (Lipinski definition) is 2. The minimum atomic E-state index is -0.575. The number of likely N-dealkylation sites (tertiary alicyclic amines) is 2. The van der Waals surface area contributed by atoms with Crippen LogP contribution >= 0.6 is 11.6 Å². The molecule has 130 valence electrons. The zero-order valence-corrected chi connectivity index (χ0v) is 14.6. The molecule has 0 aromatic heterocycles. The van der Waals surface area contributed by atoms with Crippen LogP contribution < -0.4 is 0 Å². The summed E-state index contributed by atoms with van der Waals surface area (Å²) in [6.07, 6.45) is 3.41. The quantitative estimate of drug-likeness (QED) is 0.837. The third kappa shape index (κ3) is 3.14. The van der Waals surface area contributed by atoms with Gasteiger partial charge in [0.05, 0.1) is 10.6 Å². The third-order valence-electron chi connectivity index (χ3n) is 5.16. The Bertz CT molecular complexity index is 652. The molecule has 0 saturated carbocycles. The predicted octanol–water partition coefficient (Wildman–Crippen LogP) is 3.34. The second-order valence-electron chi connectivity index (χ2n) is 6.55. The van der Waals surface area contributed by atoms with Gasteiger partial charge in [0, 0.05) is 32.1 Å². The Morgan fingerprint density at radius 1 is 1.29 bits per heavy atom. The van der Waals surface area contributed by atoms with Gasteiger partial charge in [-0.15, -0.1) is 0 Å². The molecule has 4 nitrogen and oxygen atoms in total. The maximum Gasteiger partial charge on any atom is 0.255 e. The lowest BCUT2D eigenvalue weighted by molar-refractivity contribution is -0.132. The Kier molecular flexibility index (Phi) is 5.09. The van der Waals surface area contributed by atoms with Crippen molar-refractivity contribution in [2.45, 2.75) is 38.6 Å². The molecule has 1 aromatic carbocycles. The van der Waals surface area contributed by atoms with Gasteiger partial charge < -0.3 is 9.80 Å². The van der Waals surface area contributed by atoms with E-state index in [-0.39, 0.29) is 28.4 Å². The first-order chi connectivity index (χ1) is 11.5. The molecule has 24 heavy (non-hydrogen) atoms. The van der Waals surface area contributed by atoms with Crippen molar-refractivity contribution in [3.63, 3.8) is 0 Å². The fourth-order valence-corrected chi connectivity index (χ4v) is 4.13. The van der Waals surface area contributed by atoms with Crippen molar-refractivity contribution in [3.05, 3.63) is 34.6 Å². The molecule has 3 rings (SSSR count). The number of benzene rings is 1. The molecule has 6 heteroatoms. The molecule has 0 bridgehead atoms. The standard InChI is InChI=1S/C18H22ClFN2O2/c1-2-16(23)22-9-4-7-15(22)12-8-10-21(11-12)18(24)13-5-3-6-14(20)17(13)19/h3,5-6,12,15H,2,4,7-11H2,1H3. The van der Waals surface area contributed by atoms with Crippen LogP contribution in [0.5, 0.6) is 0 Å². The average molecular weight is 353 g/mol. The molecule has 1 aromatic rings. The Morgan fingerprint density at radius 3 is 2.83 bits per heavy atom. The van der Waals surface area contributed by atoms with Crippen LogP contribution in [-0.2, 0) is 4.79 Å². The summed E-state index contributed by atoms with van der Waals surface area (Å²) in [5.41, 5.74) is 0.213. The summed E-state index contributed by atoms with van der Waals surface area (Å²) >= 11 is 5.94. The lowest BCUT2D eigenvalue weighted by Gasteiger charge is -2.29. The molecule has 0 spiro atoms. The molecule has 2 aliphatic heterocycles. The Labute approximate surface area is 146 Å². The van der Waals surface area contributed by atoms with Crippen LogP contribution in [0.25, 0.3) is 0 Å². The van der Waals surface area contributed by atoms with Crippen molar-refractivity contribution >= 4 is 23.4 Å². The molecular formula is C18H22ClFN2O2. The van der Waals surface area contributed by atoms with E-state index in [1.165, 1.54) is 12.1 Å². The maximum atomic E-state index is 13.6. The summed E-state index contributed by atoms with van der Waals surface area (Å²) in [6.45, 7) is 3.93. The van der Waals surface area contributed by atoms with Crippen molar-refractivity contribution in [2.75, 3.05) is 19.6 Å². The normalized spacial score (nSPS) is 23.8. The van der Waals surface area contributed by atoms with Crippen molar-refractivity contribution in [3.8, 4) is 0 Å². The second-order valence-corrected chi connectivity index (χ2v) is 6.93. The van der Waals surface area contributed by atoms with Crippen molar-refractivity contribution in [2.24, 2.45) is 5.92 Å². The molecule has 2 atom stereocenters. The molecule has 2 fully saturated rings. The van der Waals surface area contributed by atoms with E-state index >= 15 is 0 Å². The van der Waals surface area contributed by atoms with Gasteiger partial charge in [0.15, 0.2) is 0 Å². The molecule has 0 N–H and O–H groups in total. The Balaban J connectivity index is 1.70. The van der Waals surface area contributed by atoms with E-state index in [2.05, 4.69) is 0 Å². The summed E-state index contributed by atoms with van der Waals surface area (Å²) in [5, 5.41) is -0.116. The second kappa shape index (κ2) is 7.09. The van der Waals surface area contributed by atoms with Crippen LogP contribution in [0, 0.1) is 11.7 Å². The van der Waals surface area contributed by atoms with Crippen LogP contribution in [0.1, 0.15) is 43.0 Å². The number of rotatable bonds is 3. The van der Waals surface area contributed by atoms with Gasteiger partial charge >= 0.3 is 0 Å². The fraction of sp³-hybridized carbons (Fsp3) is 0.556. The molecule has 2 heterocycles. The predicted molar refractivity (Wildman–Crippen MR) is 90.4 cm³/mol. The van der Waals surface area contributed by atoms with E-state index < -0.39 is 5.82 Å². The SMILES string of the molecule is CCC(=O)N1CCCC1C1CCN(C(=O)c2cccc(F)c2Cl)C1. The van der Waals surface area contributed by atoms with E-state index in [1.54, 1.807) is 11.0 Å². The number of amides is 2. The highest BCUT2D eigenvalue weighted by atomic mass is 35.5. The van der Waals surface area contributed by atoms with Crippen LogP contribution in [0.2, 0.25) is 5.02 Å². The summed E-state index contributed by atoms with van der Waals surface area (Å²) < 4.78 is 13.6. The highest BCUT2D eigenvalue weighted by molar-refractivity contribution is 6.34. The smallest absolute Gasteiger partial charge is 0.255 e. The van der Waals surface area contributed by atoms with E-state index in [9.17, 15) is 14.0 Å². The summed E-state index contributed by atoms with van der Waals surface area (Å²) in [6, 6.07) is 4.53. The topological polar surface area (TPSA) is 40.6 Å². The number of halogens is 2. The summed E-state index contributed by atoms with van der Waals surface area (Å²) in [7, 11) is 0. The molecule has 2 aliphatic rings. The number of hydrogen-bond donors (Lipinski definition) is 0. The Morgan fingerprint density at radius 2 is 2.08 bits per heavy atom. The van der Waals surface area contributed by atoms with Crippen LogP contribution in [0.15, 0.2) is 18.2 Å². The first kappa shape index (κ1) is 17.2. The summed E-state index contributed by atoms with van der Waals surface area (Å²) in [5.74, 6) is -0.322. The van der Waals surface area contributed by atoms with Crippen LogP contribution in [0.4, 0.5) is 4.39 Å². The lowest BCUT2D eigenvalue weighted by Crippen LogP contribution is -2.41. The highest BCUT2D eigenvalue weighted by Gasteiger charge is 2.39. The van der Waals surface area contributed by atoms with Gasteiger partial charge in [-0.1, -0.05) is 24.6 Å². The van der Waals surface area contributed by atoms with E-state index in [0.29, 0.717) is 25.4 Å². The van der Waals surface area contributed by atoms with Gasteiger partial charge in [0.1, 0.15) is 5.82 Å². The average Bonchev–Trinajstić information content (AvgIpc) is 3.24. The Hall–Kier alpha value is -1.62. The van der Waals surface area contributed by atoms with Gasteiger partial charge in [0.25, 0.3) is 5.91 Å². The van der Waals surface area contributed by atoms with Crippen LogP contribution in [0.3, 0.4) is 0 Å². The van der Waals surface area contributed by atoms with Gasteiger partial charge in [-0.3, -0.25) is 9.59 Å². The summed E-state index contributed by atoms with van der Waals surface area (Å²) in [4.78, 5) is 28.4. The zero-order valence-electron chi connectivity index (χ0n) is 13.8. The number of carbonyl (C=O) groups excluding carboxylic acids is 2. The molecular weight excluding hydrogens is 331 g/mol. The van der Waals surface area contributed by atoms with E-state index in [4.69, 9.17) is 11.6 Å².